The second kappa shape index (κ2) is 15.5. The third-order valence-electron chi connectivity index (χ3n) is 10.5. The minimum atomic E-state index is 0.750. The molecule has 4 aromatic rings. The molecule has 6 heterocycles. The molecule has 4 aromatic heterocycles. The van der Waals surface area contributed by atoms with Gasteiger partial charge in [0.05, 0.1) is 33.8 Å². The summed E-state index contributed by atoms with van der Waals surface area (Å²) in [7, 11) is 0. The summed E-state index contributed by atoms with van der Waals surface area (Å²) in [5.41, 5.74) is 7.78. The summed E-state index contributed by atoms with van der Waals surface area (Å²) in [6.07, 6.45) is 14.4. The smallest absolute Gasteiger partial charge is 0.103 e. The van der Waals surface area contributed by atoms with Crippen molar-refractivity contribution in [3.05, 3.63) is 57.7 Å². The second-order valence-electron chi connectivity index (χ2n) is 14.3. The molecule has 4 fully saturated rings. The minimum absolute atomic E-state index is 0.750. The van der Waals surface area contributed by atoms with Crippen LogP contribution in [0.2, 0.25) is 0 Å². The van der Waals surface area contributed by atoms with Gasteiger partial charge in [0, 0.05) is 58.8 Å². The maximum Gasteiger partial charge on any atom is 0.103 e. The lowest BCUT2D eigenvalue weighted by atomic mass is 9.99. The molecule has 2 saturated heterocycles. The Balaban J connectivity index is 0.000000150. The Morgan fingerprint density at radius 3 is 1.66 bits per heavy atom. The van der Waals surface area contributed by atoms with Crippen molar-refractivity contribution in [1.82, 2.24) is 19.2 Å². The maximum absolute atomic E-state index is 5.56. The fraction of sp³-hybridized carbons (Fsp3) is 0.632. The highest BCUT2D eigenvalue weighted by Crippen LogP contribution is 2.37. The van der Waals surface area contributed by atoms with Gasteiger partial charge in [0.2, 0.25) is 0 Å². The largest absolute Gasteiger partial charge is 0.381 e. The number of halogens is 1. The summed E-state index contributed by atoms with van der Waals surface area (Å²) in [6, 6.07) is 12.9. The quantitative estimate of drug-likeness (QED) is 0.109. The van der Waals surface area contributed by atoms with E-state index >= 15 is 0 Å². The molecule has 254 valence electrons. The highest BCUT2D eigenvalue weighted by atomic mass is 127. The fourth-order valence-electron chi connectivity index (χ4n) is 7.49. The lowest BCUT2D eigenvalue weighted by Gasteiger charge is -2.31. The molecule has 0 unspecified atom stereocenters. The SMILES string of the molecule is CCc1nn2c(I)cccc2c1N(CC1CCOCC1)CC1CC1.CCc1nn2ccccc2c1N(CC1CCOCC1)CC1CC1. The Labute approximate surface area is 294 Å². The van der Waals surface area contributed by atoms with Gasteiger partial charge in [0.25, 0.3) is 0 Å². The summed E-state index contributed by atoms with van der Waals surface area (Å²) in [6.45, 7) is 12.8. The van der Waals surface area contributed by atoms with E-state index in [4.69, 9.17) is 19.7 Å². The van der Waals surface area contributed by atoms with Crippen LogP contribution in [-0.2, 0) is 22.3 Å². The van der Waals surface area contributed by atoms with Crippen LogP contribution < -0.4 is 9.80 Å². The van der Waals surface area contributed by atoms with E-state index in [2.05, 4.69) is 97.9 Å². The number of nitrogens with zero attached hydrogens (tertiary/aromatic N) is 6. The van der Waals surface area contributed by atoms with Gasteiger partial charge in [0.1, 0.15) is 3.70 Å². The fourth-order valence-corrected chi connectivity index (χ4v) is 8.07. The van der Waals surface area contributed by atoms with E-state index in [-0.39, 0.29) is 0 Å². The van der Waals surface area contributed by atoms with Gasteiger partial charge < -0.3 is 19.3 Å². The summed E-state index contributed by atoms with van der Waals surface area (Å²) in [5, 5.41) is 9.74. The zero-order valence-corrected chi connectivity index (χ0v) is 30.6. The van der Waals surface area contributed by atoms with Crippen LogP contribution in [0.4, 0.5) is 11.4 Å². The Bertz CT molecular complexity index is 1600. The monoisotopic (exact) mass is 752 g/mol. The first kappa shape index (κ1) is 33.1. The van der Waals surface area contributed by atoms with Crippen molar-refractivity contribution in [1.29, 1.82) is 0 Å². The number of anilines is 2. The molecule has 2 aliphatic heterocycles. The van der Waals surface area contributed by atoms with Gasteiger partial charge in [0.15, 0.2) is 0 Å². The third-order valence-corrected chi connectivity index (χ3v) is 11.3. The normalized spacial score (nSPS) is 19.2. The number of hydrogen-bond acceptors (Lipinski definition) is 6. The molecule has 2 saturated carbocycles. The molecule has 0 radical (unpaired) electrons. The summed E-state index contributed by atoms with van der Waals surface area (Å²) in [5.74, 6) is 3.27. The molecule has 0 aromatic carbocycles. The van der Waals surface area contributed by atoms with Gasteiger partial charge in [-0.05, 0) is 135 Å². The Morgan fingerprint density at radius 2 is 1.13 bits per heavy atom. The Hall–Kier alpha value is -2.37. The van der Waals surface area contributed by atoms with Crippen LogP contribution >= 0.6 is 22.6 Å². The van der Waals surface area contributed by atoms with E-state index in [1.54, 1.807) is 0 Å². The number of hydrogen-bond donors (Lipinski definition) is 0. The van der Waals surface area contributed by atoms with Gasteiger partial charge in [-0.25, -0.2) is 9.03 Å². The molecule has 0 atom stereocenters. The molecule has 8 rings (SSSR count). The average Bonchev–Trinajstić information content (AvgIpc) is 4.03. The predicted molar refractivity (Wildman–Crippen MR) is 199 cm³/mol. The van der Waals surface area contributed by atoms with Crippen molar-refractivity contribution in [2.45, 2.75) is 78.1 Å². The van der Waals surface area contributed by atoms with Gasteiger partial charge in [-0.15, -0.1) is 0 Å². The molecule has 47 heavy (non-hydrogen) atoms. The van der Waals surface area contributed by atoms with E-state index in [0.29, 0.717) is 0 Å². The van der Waals surface area contributed by atoms with E-state index in [1.807, 2.05) is 0 Å². The summed E-state index contributed by atoms with van der Waals surface area (Å²) < 4.78 is 16.5. The lowest BCUT2D eigenvalue weighted by Crippen LogP contribution is -2.34. The molecular weight excluding hydrogens is 699 g/mol. The molecular formula is C38H53IN6O2. The second-order valence-corrected chi connectivity index (χ2v) is 15.4. The van der Waals surface area contributed by atoms with Gasteiger partial charge in [-0.3, -0.25) is 0 Å². The topological polar surface area (TPSA) is 59.5 Å². The number of aryl methyl sites for hydroxylation is 2. The summed E-state index contributed by atoms with van der Waals surface area (Å²) in [4.78, 5) is 5.31. The van der Waals surface area contributed by atoms with E-state index in [0.717, 1.165) is 76.0 Å². The minimum Gasteiger partial charge on any atom is -0.381 e. The molecule has 8 nitrogen and oxygen atoms in total. The molecule has 0 bridgehead atoms. The van der Waals surface area contributed by atoms with Gasteiger partial charge in [-0.2, -0.15) is 10.2 Å². The Morgan fingerprint density at radius 1 is 0.638 bits per heavy atom. The van der Waals surface area contributed by atoms with Gasteiger partial charge >= 0.3 is 0 Å². The number of fused-ring (bicyclic) bond motifs is 2. The van der Waals surface area contributed by atoms with Crippen LogP contribution in [0.5, 0.6) is 0 Å². The number of ether oxygens (including phenoxy) is 2. The summed E-state index contributed by atoms with van der Waals surface area (Å²) >= 11 is 2.39. The van der Waals surface area contributed by atoms with Crippen molar-refractivity contribution in [2.75, 3.05) is 62.4 Å². The van der Waals surface area contributed by atoms with Crippen LogP contribution in [0.3, 0.4) is 0 Å². The van der Waals surface area contributed by atoms with E-state index in [9.17, 15) is 0 Å². The molecule has 4 aliphatic rings. The predicted octanol–water partition coefficient (Wildman–Crippen LogP) is 7.68. The number of aromatic nitrogens is 4. The van der Waals surface area contributed by atoms with Crippen LogP contribution in [0.1, 0.15) is 76.6 Å². The highest BCUT2D eigenvalue weighted by Gasteiger charge is 2.31. The lowest BCUT2D eigenvalue weighted by molar-refractivity contribution is 0.0680. The van der Waals surface area contributed by atoms with Crippen LogP contribution in [0, 0.1) is 27.4 Å². The van der Waals surface area contributed by atoms with E-state index in [1.165, 1.54) is 102 Å². The maximum atomic E-state index is 5.56. The van der Waals surface area contributed by atoms with Crippen LogP contribution in [0.25, 0.3) is 11.0 Å². The average molecular weight is 753 g/mol. The number of pyridine rings is 2. The van der Waals surface area contributed by atoms with Crippen molar-refractivity contribution in [2.24, 2.45) is 23.7 Å². The highest BCUT2D eigenvalue weighted by molar-refractivity contribution is 14.1. The zero-order chi connectivity index (χ0) is 32.2. The number of rotatable bonds is 12. The van der Waals surface area contributed by atoms with Gasteiger partial charge in [-0.1, -0.05) is 26.0 Å². The molecule has 9 heteroatoms. The van der Waals surface area contributed by atoms with Crippen molar-refractivity contribution < 1.29 is 9.47 Å². The molecule has 2 aliphatic carbocycles. The molecule has 0 N–H and O–H groups in total. The first-order chi connectivity index (χ1) is 23.1. The third kappa shape index (κ3) is 8.10. The Kier molecular flexibility index (Phi) is 10.9. The first-order valence-electron chi connectivity index (χ1n) is 18.4. The first-order valence-corrected chi connectivity index (χ1v) is 19.5. The van der Waals surface area contributed by atoms with Crippen LogP contribution in [0.15, 0.2) is 42.6 Å². The van der Waals surface area contributed by atoms with Crippen molar-refractivity contribution >= 4 is 45.0 Å². The van der Waals surface area contributed by atoms with Crippen LogP contribution in [-0.4, -0.2) is 71.8 Å². The van der Waals surface area contributed by atoms with Crippen molar-refractivity contribution in [3.8, 4) is 0 Å². The zero-order valence-electron chi connectivity index (χ0n) is 28.5. The van der Waals surface area contributed by atoms with E-state index < -0.39 is 0 Å². The molecule has 0 spiro atoms. The molecule has 0 amide bonds. The van der Waals surface area contributed by atoms with Crippen molar-refractivity contribution in [3.63, 3.8) is 0 Å². The standard InChI is InChI=1S/C19H26IN3O.C19H27N3O/c1-2-16-19(17-4-3-5-18(20)23(17)21-16)22(12-14-6-7-14)13-15-8-10-24-11-9-15;1-2-17-19(18-5-3-4-10-22(18)20-17)21(13-15-6-7-15)14-16-8-11-23-12-9-16/h3-5,14-15H,2,6-13H2,1H3;3-5,10,15-16H,2,6-9,11-14H2,1H3.